The van der Waals surface area contributed by atoms with Crippen LogP contribution in [0.1, 0.15) is 29.7 Å². The number of rotatable bonds is 5. The molecule has 0 atom stereocenters. The molecule has 2 heterocycles. The van der Waals surface area contributed by atoms with E-state index in [1.165, 1.54) is 17.7 Å². The standard InChI is InChI=1S/C16H23NO2S/c1-19-12-14-5-7-17(8-6-14)11-16-10-15(13-20-16)4-2-3-9-18/h10,13-14,18H,3,5-9,11-12H2,1H3. The van der Waals surface area contributed by atoms with Crippen LogP contribution in [0.4, 0.5) is 0 Å². The summed E-state index contributed by atoms with van der Waals surface area (Å²) in [6.45, 7) is 4.40. The van der Waals surface area contributed by atoms with Crippen LogP contribution in [-0.2, 0) is 11.3 Å². The van der Waals surface area contributed by atoms with Crippen molar-refractivity contribution in [3.05, 3.63) is 21.9 Å². The smallest absolute Gasteiger partial charge is 0.0540 e. The third-order valence-electron chi connectivity index (χ3n) is 3.61. The normalized spacial score (nSPS) is 16.9. The fraction of sp³-hybridized carbons (Fsp3) is 0.625. The SMILES string of the molecule is COCC1CCN(Cc2cc(C#CCCO)cs2)CC1. The second-order valence-corrected chi connectivity index (χ2v) is 6.25. The lowest BCUT2D eigenvalue weighted by atomic mass is 9.98. The second-order valence-electron chi connectivity index (χ2n) is 5.25. The minimum atomic E-state index is 0.139. The number of nitrogens with zero attached hydrogens (tertiary/aromatic N) is 1. The van der Waals surface area contributed by atoms with Gasteiger partial charge < -0.3 is 9.84 Å². The molecule has 0 spiro atoms. The van der Waals surface area contributed by atoms with Gasteiger partial charge in [-0.05, 0) is 37.9 Å². The molecule has 1 aromatic rings. The van der Waals surface area contributed by atoms with Gasteiger partial charge in [0.25, 0.3) is 0 Å². The van der Waals surface area contributed by atoms with Crippen LogP contribution < -0.4 is 0 Å². The molecule has 0 aliphatic carbocycles. The Morgan fingerprint density at radius 3 is 2.95 bits per heavy atom. The van der Waals surface area contributed by atoms with Gasteiger partial charge in [-0.1, -0.05) is 11.8 Å². The zero-order valence-corrected chi connectivity index (χ0v) is 12.9. The van der Waals surface area contributed by atoms with Gasteiger partial charge >= 0.3 is 0 Å². The Morgan fingerprint density at radius 1 is 1.45 bits per heavy atom. The first-order valence-corrected chi connectivity index (χ1v) is 8.08. The first-order chi connectivity index (χ1) is 9.81. The van der Waals surface area contributed by atoms with Crippen molar-refractivity contribution in [3.8, 4) is 11.8 Å². The molecular weight excluding hydrogens is 270 g/mol. The van der Waals surface area contributed by atoms with E-state index in [9.17, 15) is 0 Å². The summed E-state index contributed by atoms with van der Waals surface area (Å²) in [5.41, 5.74) is 1.08. The monoisotopic (exact) mass is 293 g/mol. The summed E-state index contributed by atoms with van der Waals surface area (Å²) in [7, 11) is 1.79. The van der Waals surface area contributed by atoms with E-state index in [-0.39, 0.29) is 6.61 Å². The van der Waals surface area contributed by atoms with Gasteiger partial charge in [-0.15, -0.1) is 11.3 Å². The van der Waals surface area contributed by atoms with Gasteiger partial charge in [-0.25, -0.2) is 0 Å². The van der Waals surface area contributed by atoms with Gasteiger partial charge in [-0.2, -0.15) is 0 Å². The molecule has 0 aromatic carbocycles. The van der Waals surface area contributed by atoms with E-state index in [0.29, 0.717) is 6.42 Å². The van der Waals surface area contributed by atoms with Crippen molar-refractivity contribution in [1.82, 2.24) is 4.90 Å². The van der Waals surface area contributed by atoms with E-state index in [1.807, 2.05) is 0 Å². The van der Waals surface area contributed by atoms with Crippen LogP contribution >= 0.6 is 11.3 Å². The third-order valence-corrected chi connectivity index (χ3v) is 4.53. The Balaban J connectivity index is 1.79. The maximum atomic E-state index is 8.71. The minimum Gasteiger partial charge on any atom is -0.395 e. The molecule has 1 aromatic heterocycles. The van der Waals surface area contributed by atoms with Crippen LogP contribution in [0.25, 0.3) is 0 Å². The predicted octanol–water partition coefficient (Wildman–Crippen LogP) is 2.34. The molecule has 110 valence electrons. The predicted molar refractivity (Wildman–Crippen MR) is 82.8 cm³/mol. The van der Waals surface area contributed by atoms with Crippen LogP contribution in [0, 0.1) is 17.8 Å². The number of aliphatic hydroxyl groups is 1. The highest BCUT2D eigenvalue weighted by atomic mass is 32.1. The molecule has 0 unspecified atom stereocenters. The maximum Gasteiger partial charge on any atom is 0.0540 e. The molecule has 1 fully saturated rings. The first-order valence-electron chi connectivity index (χ1n) is 7.20. The topological polar surface area (TPSA) is 32.7 Å². The van der Waals surface area contributed by atoms with Gasteiger partial charge in [0.1, 0.15) is 0 Å². The van der Waals surface area contributed by atoms with Gasteiger partial charge in [-0.3, -0.25) is 4.90 Å². The highest BCUT2D eigenvalue weighted by molar-refractivity contribution is 7.10. The van der Waals surface area contributed by atoms with E-state index >= 15 is 0 Å². The highest BCUT2D eigenvalue weighted by Gasteiger charge is 2.19. The molecule has 1 saturated heterocycles. The third kappa shape index (κ3) is 4.92. The molecule has 3 nitrogen and oxygen atoms in total. The van der Waals surface area contributed by atoms with Crippen molar-refractivity contribution < 1.29 is 9.84 Å². The Bertz CT molecular complexity index is 453. The van der Waals surface area contributed by atoms with Crippen molar-refractivity contribution in [2.45, 2.75) is 25.8 Å². The molecule has 4 heteroatoms. The first kappa shape index (κ1) is 15.5. The number of hydrogen-bond acceptors (Lipinski definition) is 4. The Morgan fingerprint density at radius 2 is 2.25 bits per heavy atom. The Hall–Kier alpha value is -0.860. The van der Waals surface area contributed by atoms with Crippen molar-refractivity contribution in [3.63, 3.8) is 0 Å². The molecule has 0 amide bonds. The molecule has 20 heavy (non-hydrogen) atoms. The summed E-state index contributed by atoms with van der Waals surface area (Å²) in [6, 6.07) is 2.18. The summed E-state index contributed by atoms with van der Waals surface area (Å²) in [5.74, 6) is 6.80. The largest absolute Gasteiger partial charge is 0.395 e. The van der Waals surface area contributed by atoms with Gasteiger partial charge in [0.15, 0.2) is 0 Å². The molecule has 1 N–H and O–H groups in total. The van der Waals surface area contributed by atoms with Gasteiger partial charge in [0.05, 0.1) is 6.61 Å². The van der Waals surface area contributed by atoms with E-state index in [0.717, 1.165) is 37.7 Å². The van der Waals surface area contributed by atoms with Gasteiger partial charge in [0, 0.05) is 42.5 Å². The van der Waals surface area contributed by atoms with E-state index in [2.05, 4.69) is 28.2 Å². The van der Waals surface area contributed by atoms with Crippen LogP contribution in [-0.4, -0.2) is 43.4 Å². The quantitative estimate of drug-likeness (QED) is 0.846. The number of likely N-dealkylation sites (tertiary alicyclic amines) is 1. The molecule has 1 aliphatic heterocycles. The number of ether oxygens (including phenoxy) is 1. The van der Waals surface area contributed by atoms with E-state index < -0.39 is 0 Å². The number of piperidine rings is 1. The Kier molecular flexibility index (Phi) is 6.55. The number of hydrogen-bond donors (Lipinski definition) is 1. The summed E-state index contributed by atoms with van der Waals surface area (Å²) < 4.78 is 5.24. The molecule has 1 aliphatic rings. The lowest BCUT2D eigenvalue weighted by Crippen LogP contribution is -2.34. The van der Waals surface area contributed by atoms with Crippen LogP contribution in [0.3, 0.4) is 0 Å². The summed E-state index contributed by atoms with van der Waals surface area (Å²) in [5, 5.41) is 10.8. The van der Waals surface area contributed by atoms with Crippen molar-refractivity contribution in [2.75, 3.05) is 33.4 Å². The van der Waals surface area contributed by atoms with Crippen LogP contribution in [0.15, 0.2) is 11.4 Å². The second kappa shape index (κ2) is 8.43. The lowest BCUT2D eigenvalue weighted by molar-refractivity contribution is 0.0972. The van der Waals surface area contributed by atoms with Gasteiger partial charge in [0.2, 0.25) is 0 Å². The fourth-order valence-electron chi connectivity index (χ4n) is 2.52. The summed E-state index contributed by atoms with van der Waals surface area (Å²) in [4.78, 5) is 3.90. The number of methoxy groups -OCH3 is 1. The molecule has 0 saturated carbocycles. The number of aliphatic hydroxyl groups excluding tert-OH is 1. The average Bonchev–Trinajstić information content (AvgIpc) is 2.89. The fourth-order valence-corrected chi connectivity index (χ4v) is 3.37. The molecule has 2 rings (SSSR count). The molecule has 0 bridgehead atoms. The van der Waals surface area contributed by atoms with Crippen molar-refractivity contribution in [2.24, 2.45) is 5.92 Å². The average molecular weight is 293 g/mol. The van der Waals surface area contributed by atoms with E-state index in [1.54, 1.807) is 18.4 Å². The molecule has 0 radical (unpaired) electrons. The zero-order valence-electron chi connectivity index (χ0n) is 12.1. The van der Waals surface area contributed by atoms with Crippen molar-refractivity contribution >= 4 is 11.3 Å². The van der Waals surface area contributed by atoms with Crippen LogP contribution in [0.5, 0.6) is 0 Å². The van der Waals surface area contributed by atoms with Crippen molar-refractivity contribution in [1.29, 1.82) is 0 Å². The zero-order chi connectivity index (χ0) is 14.2. The highest BCUT2D eigenvalue weighted by Crippen LogP contribution is 2.22. The number of thiophene rings is 1. The minimum absolute atomic E-state index is 0.139. The van der Waals surface area contributed by atoms with Crippen LogP contribution in [0.2, 0.25) is 0 Å². The maximum absolute atomic E-state index is 8.71. The molecular formula is C16H23NO2S. The lowest BCUT2D eigenvalue weighted by Gasteiger charge is -2.31. The van der Waals surface area contributed by atoms with E-state index in [4.69, 9.17) is 9.84 Å². The Labute approximate surface area is 125 Å². The summed E-state index contributed by atoms with van der Waals surface area (Å²) >= 11 is 1.78. The summed E-state index contributed by atoms with van der Waals surface area (Å²) in [6.07, 6.45) is 3.03.